The number of rotatable bonds is 8. The lowest BCUT2D eigenvalue weighted by atomic mass is 10.0. The maximum atomic E-state index is 12.5. The molecule has 0 unspecified atom stereocenters. The van der Waals surface area contributed by atoms with E-state index < -0.39 is 5.97 Å². The molecule has 6 heteroatoms. The molecule has 2 aromatic carbocycles. The molecule has 3 rings (SSSR count). The van der Waals surface area contributed by atoms with Crippen LogP contribution in [0.2, 0.25) is 0 Å². The van der Waals surface area contributed by atoms with Crippen molar-refractivity contribution in [2.45, 2.75) is 20.3 Å². The summed E-state index contributed by atoms with van der Waals surface area (Å²) in [6.07, 6.45) is 0.944. The normalized spacial score (nSPS) is 10.4. The molecule has 0 saturated carbocycles. The molecule has 0 spiro atoms. The zero-order valence-corrected chi connectivity index (χ0v) is 17.3. The predicted molar refractivity (Wildman–Crippen MR) is 116 cm³/mol. The van der Waals surface area contributed by atoms with Gasteiger partial charge in [-0.15, -0.1) is 11.3 Å². The molecule has 3 aromatic rings. The molecule has 1 aromatic heterocycles. The molecule has 0 atom stereocenters. The van der Waals surface area contributed by atoms with Gasteiger partial charge in [0.1, 0.15) is 16.3 Å². The average molecular weight is 410 g/mol. The van der Waals surface area contributed by atoms with Gasteiger partial charge in [0.25, 0.3) is 5.91 Å². The summed E-state index contributed by atoms with van der Waals surface area (Å²) in [7, 11) is 0. The second kappa shape index (κ2) is 9.89. The number of hydrogen-bond acceptors (Lipinski definition) is 5. The van der Waals surface area contributed by atoms with E-state index in [-0.39, 0.29) is 19.1 Å². The van der Waals surface area contributed by atoms with E-state index in [9.17, 15) is 9.59 Å². The van der Waals surface area contributed by atoms with E-state index in [1.165, 1.54) is 16.9 Å². The third kappa shape index (κ3) is 5.23. The molecule has 5 nitrogen and oxygen atoms in total. The van der Waals surface area contributed by atoms with Crippen molar-refractivity contribution in [1.82, 2.24) is 0 Å². The SMILES string of the molecule is CCOC(=O)c1c(-c2ccccc2)csc1NC(=O)COc1ccc(CC)cc1. The van der Waals surface area contributed by atoms with Gasteiger partial charge in [-0.3, -0.25) is 4.79 Å². The molecule has 1 heterocycles. The Hall–Kier alpha value is -3.12. The Balaban J connectivity index is 1.74. The fraction of sp³-hybridized carbons (Fsp3) is 0.217. The first-order valence-electron chi connectivity index (χ1n) is 9.48. The minimum absolute atomic E-state index is 0.147. The first kappa shape index (κ1) is 20.6. The number of carbonyl (C=O) groups excluding carboxylic acids is 2. The summed E-state index contributed by atoms with van der Waals surface area (Å²) in [4.78, 5) is 24.9. The zero-order valence-electron chi connectivity index (χ0n) is 16.4. The highest BCUT2D eigenvalue weighted by molar-refractivity contribution is 7.15. The van der Waals surface area contributed by atoms with Crippen molar-refractivity contribution in [1.29, 1.82) is 0 Å². The number of aryl methyl sites for hydroxylation is 1. The Kier molecular flexibility index (Phi) is 7.03. The van der Waals surface area contributed by atoms with Gasteiger partial charge in [0.15, 0.2) is 6.61 Å². The molecular formula is C23H23NO4S. The molecule has 0 aliphatic carbocycles. The van der Waals surface area contributed by atoms with E-state index in [2.05, 4.69) is 12.2 Å². The Labute approximate surface area is 174 Å². The van der Waals surface area contributed by atoms with E-state index >= 15 is 0 Å². The first-order valence-corrected chi connectivity index (χ1v) is 10.4. The third-order valence-electron chi connectivity index (χ3n) is 4.31. The maximum absolute atomic E-state index is 12.5. The topological polar surface area (TPSA) is 64.6 Å². The summed E-state index contributed by atoms with van der Waals surface area (Å²) in [6.45, 7) is 3.94. The van der Waals surface area contributed by atoms with Crippen LogP contribution in [0.5, 0.6) is 5.75 Å². The van der Waals surface area contributed by atoms with Crippen molar-refractivity contribution in [2.75, 3.05) is 18.5 Å². The second-order valence-corrected chi connectivity index (χ2v) is 7.15. The Morgan fingerprint density at radius 2 is 1.72 bits per heavy atom. The lowest BCUT2D eigenvalue weighted by Gasteiger charge is -2.10. The van der Waals surface area contributed by atoms with Gasteiger partial charge in [-0.1, -0.05) is 49.4 Å². The largest absolute Gasteiger partial charge is 0.484 e. The highest BCUT2D eigenvalue weighted by Crippen LogP contribution is 2.36. The number of esters is 1. The number of carbonyl (C=O) groups is 2. The van der Waals surface area contributed by atoms with E-state index in [0.717, 1.165) is 17.5 Å². The van der Waals surface area contributed by atoms with E-state index in [0.29, 0.717) is 16.3 Å². The summed E-state index contributed by atoms with van der Waals surface area (Å²) >= 11 is 1.29. The number of nitrogens with one attached hydrogen (secondary N) is 1. The molecule has 150 valence electrons. The Bertz CT molecular complexity index is 964. The van der Waals surface area contributed by atoms with Crippen LogP contribution in [0, 0.1) is 0 Å². The highest BCUT2D eigenvalue weighted by Gasteiger charge is 2.22. The number of amides is 1. The fourth-order valence-electron chi connectivity index (χ4n) is 2.82. The van der Waals surface area contributed by atoms with Gasteiger partial charge >= 0.3 is 5.97 Å². The summed E-state index contributed by atoms with van der Waals surface area (Å²) in [5.41, 5.74) is 3.19. The molecule has 0 aliphatic rings. The monoisotopic (exact) mass is 409 g/mol. The van der Waals surface area contributed by atoms with Crippen LogP contribution in [0.25, 0.3) is 11.1 Å². The van der Waals surface area contributed by atoms with Crippen molar-refractivity contribution in [2.24, 2.45) is 0 Å². The van der Waals surface area contributed by atoms with E-state index in [4.69, 9.17) is 9.47 Å². The summed E-state index contributed by atoms with van der Waals surface area (Å²) in [5, 5.41) is 5.09. The summed E-state index contributed by atoms with van der Waals surface area (Å²) in [5.74, 6) is -0.172. The minimum atomic E-state index is -0.459. The number of thiophene rings is 1. The van der Waals surface area contributed by atoms with E-state index in [1.54, 1.807) is 6.92 Å². The molecule has 0 fully saturated rings. The summed E-state index contributed by atoms with van der Waals surface area (Å²) < 4.78 is 10.8. The van der Waals surface area contributed by atoms with Crippen LogP contribution in [0.4, 0.5) is 5.00 Å². The van der Waals surface area contributed by atoms with Crippen LogP contribution in [-0.4, -0.2) is 25.1 Å². The van der Waals surface area contributed by atoms with Crippen LogP contribution in [0.15, 0.2) is 60.0 Å². The number of ether oxygens (including phenoxy) is 2. The molecular weight excluding hydrogens is 386 g/mol. The second-order valence-electron chi connectivity index (χ2n) is 6.27. The minimum Gasteiger partial charge on any atom is -0.484 e. The molecule has 0 aliphatic heterocycles. The smallest absolute Gasteiger partial charge is 0.341 e. The Morgan fingerprint density at radius 1 is 1.00 bits per heavy atom. The first-order chi connectivity index (χ1) is 14.1. The van der Waals surface area contributed by atoms with Gasteiger partial charge in [0, 0.05) is 10.9 Å². The predicted octanol–water partition coefficient (Wildman–Crippen LogP) is 5.17. The van der Waals surface area contributed by atoms with Crippen molar-refractivity contribution in [3.05, 3.63) is 71.1 Å². The molecule has 1 amide bonds. The van der Waals surface area contributed by atoms with E-state index in [1.807, 2.05) is 60.0 Å². The zero-order chi connectivity index (χ0) is 20.6. The maximum Gasteiger partial charge on any atom is 0.341 e. The molecule has 29 heavy (non-hydrogen) atoms. The van der Waals surface area contributed by atoms with Gasteiger partial charge in [0.05, 0.1) is 6.61 Å². The van der Waals surface area contributed by atoms with Gasteiger partial charge in [0.2, 0.25) is 0 Å². The standard InChI is InChI=1S/C23H23NO4S/c1-3-16-10-12-18(13-11-16)28-14-20(25)24-22-21(23(26)27-4-2)19(15-29-22)17-8-6-5-7-9-17/h5-13,15H,3-4,14H2,1-2H3,(H,24,25). The van der Waals surface area contributed by atoms with Crippen molar-refractivity contribution >= 4 is 28.2 Å². The average Bonchev–Trinajstić information content (AvgIpc) is 3.17. The van der Waals surface area contributed by atoms with Gasteiger partial charge in [-0.2, -0.15) is 0 Å². The summed E-state index contributed by atoms with van der Waals surface area (Å²) in [6, 6.07) is 17.2. The third-order valence-corrected chi connectivity index (χ3v) is 5.21. The van der Waals surface area contributed by atoms with Gasteiger partial charge in [-0.25, -0.2) is 4.79 Å². The number of hydrogen-bond donors (Lipinski definition) is 1. The van der Waals surface area contributed by atoms with Gasteiger partial charge < -0.3 is 14.8 Å². The van der Waals surface area contributed by atoms with Crippen LogP contribution in [0.1, 0.15) is 29.8 Å². The molecule has 0 bridgehead atoms. The quantitative estimate of drug-likeness (QED) is 0.521. The number of anilines is 1. The van der Waals surface area contributed by atoms with Gasteiger partial charge in [-0.05, 0) is 36.6 Å². The molecule has 0 radical (unpaired) electrons. The van der Waals surface area contributed by atoms with Crippen molar-refractivity contribution in [3.63, 3.8) is 0 Å². The van der Waals surface area contributed by atoms with Crippen LogP contribution >= 0.6 is 11.3 Å². The van der Waals surface area contributed by atoms with Crippen molar-refractivity contribution < 1.29 is 19.1 Å². The van der Waals surface area contributed by atoms with Crippen LogP contribution < -0.4 is 10.1 Å². The highest BCUT2D eigenvalue weighted by atomic mass is 32.1. The molecule has 1 N–H and O–H groups in total. The Morgan fingerprint density at radius 3 is 2.38 bits per heavy atom. The lowest BCUT2D eigenvalue weighted by Crippen LogP contribution is -2.21. The van der Waals surface area contributed by atoms with Crippen molar-refractivity contribution in [3.8, 4) is 16.9 Å². The lowest BCUT2D eigenvalue weighted by molar-refractivity contribution is -0.118. The molecule has 0 saturated heterocycles. The number of benzene rings is 2. The van der Waals surface area contributed by atoms with Crippen LogP contribution in [0.3, 0.4) is 0 Å². The van der Waals surface area contributed by atoms with Crippen LogP contribution in [-0.2, 0) is 16.0 Å². The fourth-order valence-corrected chi connectivity index (χ4v) is 3.79.